The Morgan fingerprint density at radius 2 is 1.77 bits per heavy atom. The fourth-order valence-electron chi connectivity index (χ4n) is 4.95. The summed E-state index contributed by atoms with van der Waals surface area (Å²) in [6.45, 7) is 3.67. The molecular formula is C22H25N5O3. The quantitative estimate of drug-likeness (QED) is 0.763. The molecule has 4 heterocycles. The van der Waals surface area contributed by atoms with E-state index in [1.807, 2.05) is 35.2 Å². The number of amides is 2. The Morgan fingerprint density at radius 1 is 1.03 bits per heavy atom. The van der Waals surface area contributed by atoms with E-state index < -0.39 is 0 Å². The molecule has 2 aromatic rings. The largest absolute Gasteiger partial charge is 0.497 e. The van der Waals surface area contributed by atoms with Crippen LogP contribution in [0.3, 0.4) is 0 Å². The monoisotopic (exact) mass is 407 g/mol. The van der Waals surface area contributed by atoms with E-state index in [2.05, 4.69) is 14.9 Å². The van der Waals surface area contributed by atoms with Crippen LogP contribution in [0, 0.1) is 17.8 Å². The van der Waals surface area contributed by atoms with Crippen LogP contribution >= 0.6 is 0 Å². The summed E-state index contributed by atoms with van der Waals surface area (Å²) in [5, 5.41) is 0. The molecule has 0 bridgehead atoms. The zero-order valence-electron chi connectivity index (χ0n) is 17.0. The number of methoxy groups -OCH3 is 1. The molecule has 0 saturated carbocycles. The first kappa shape index (κ1) is 18.8. The van der Waals surface area contributed by atoms with E-state index in [-0.39, 0.29) is 24.2 Å². The number of carbonyl (C=O) groups excluding carboxylic acids is 2. The topological polar surface area (TPSA) is 78.9 Å². The molecule has 3 saturated heterocycles. The molecule has 3 aliphatic heterocycles. The first-order valence-electron chi connectivity index (χ1n) is 10.4. The van der Waals surface area contributed by atoms with Crippen molar-refractivity contribution < 1.29 is 14.3 Å². The number of rotatable bonds is 4. The van der Waals surface area contributed by atoms with Crippen LogP contribution in [0.5, 0.6) is 5.75 Å². The van der Waals surface area contributed by atoms with Gasteiger partial charge in [-0.15, -0.1) is 0 Å². The van der Waals surface area contributed by atoms with Gasteiger partial charge in [0.25, 0.3) is 0 Å². The molecule has 3 aliphatic rings. The SMILES string of the molecule is COc1cccc(N2CC(C(=O)N3CC4CN(c5ncccn5)CC4C3)CC2=O)c1. The van der Waals surface area contributed by atoms with Crippen LogP contribution in [-0.2, 0) is 9.59 Å². The molecule has 0 spiro atoms. The van der Waals surface area contributed by atoms with Gasteiger partial charge in [-0.05, 0) is 18.2 Å². The number of aromatic nitrogens is 2. The summed E-state index contributed by atoms with van der Waals surface area (Å²) in [6, 6.07) is 9.25. The predicted molar refractivity (Wildman–Crippen MR) is 111 cm³/mol. The summed E-state index contributed by atoms with van der Waals surface area (Å²) in [4.78, 5) is 40.3. The first-order valence-corrected chi connectivity index (χ1v) is 10.4. The summed E-state index contributed by atoms with van der Waals surface area (Å²) in [5.41, 5.74) is 0.784. The lowest BCUT2D eigenvalue weighted by atomic mass is 10.0. The highest BCUT2D eigenvalue weighted by atomic mass is 16.5. The van der Waals surface area contributed by atoms with E-state index in [1.54, 1.807) is 24.4 Å². The molecule has 0 radical (unpaired) electrons. The summed E-state index contributed by atoms with van der Waals surface area (Å²) in [6.07, 6.45) is 3.79. The maximum atomic E-state index is 13.2. The molecular weight excluding hydrogens is 382 g/mol. The minimum atomic E-state index is -0.281. The van der Waals surface area contributed by atoms with Gasteiger partial charge in [-0.25, -0.2) is 9.97 Å². The number of hydrogen-bond donors (Lipinski definition) is 0. The number of ether oxygens (including phenoxy) is 1. The molecule has 30 heavy (non-hydrogen) atoms. The number of fused-ring (bicyclic) bond motifs is 1. The van der Waals surface area contributed by atoms with Crippen molar-refractivity contribution in [2.75, 3.05) is 49.6 Å². The van der Waals surface area contributed by atoms with Crippen LogP contribution in [0.25, 0.3) is 0 Å². The molecule has 3 atom stereocenters. The molecule has 0 aliphatic carbocycles. The Kier molecular flexibility index (Phi) is 4.77. The zero-order valence-corrected chi connectivity index (χ0v) is 17.0. The number of anilines is 2. The molecule has 2 amide bonds. The van der Waals surface area contributed by atoms with Gasteiger partial charge < -0.3 is 19.4 Å². The van der Waals surface area contributed by atoms with Gasteiger partial charge in [-0.2, -0.15) is 0 Å². The Hall–Kier alpha value is -3.16. The number of benzene rings is 1. The molecule has 8 nitrogen and oxygen atoms in total. The third-order valence-electron chi connectivity index (χ3n) is 6.47. The van der Waals surface area contributed by atoms with Crippen molar-refractivity contribution in [1.29, 1.82) is 0 Å². The van der Waals surface area contributed by atoms with Crippen LogP contribution in [0.2, 0.25) is 0 Å². The molecule has 5 rings (SSSR count). The Balaban J connectivity index is 1.21. The maximum absolute atomic E-state index is 13.2. The van der Waals surface area contributed by atoms with E-state index >= 15 is 0 Å². The van der Waals surface area contributed by atoms with Crippen molar-refractivity contribution in [3.05, 3.63) is 42.7 Å². The fraction of sp³-hybridized carbons (Fsp3) is 0.455. The van der Waals surface area contributed by atoms with Gasteiger partial charge in [-0.1, -0.05) is 6.07 Å². The fourth-order valence-corrected chi connectivity index (χ4v) is 4.95. The number of nitrogens with zero attached hydrogens (tertiary/aromatic N) is 5. The van der Waals surface area contributed by atoms with Gasteiger partial charge in [0.15, 0.2) is 0 Å². The molecule has 3 fully saturated rings. The zero-order chi connectivity index (χ0) is 20.7. The lowest BCUT2D eigenvalue weighted by Gasteiger charge is -2.24. The second-order valence-corrected chi connectivity index (χ2v) is 8.32. The summed E-state index contributed by atoms with van der Waals surface area (Å²) >= 11 is 0. The highest BCUT2D eigenvalue weighted by Crippen LogP contribution is 2.35. The molecule has 1 aromatic heterocycles. The van der Waals surface area contributed by atoms with Crippen molar-refractivity contribution in [3.8, 4) is 5.75 Å². The van der Waals surface area contributed by atoms with Crippen molar-refractivity contribution in [2.24, 2.45) is 17.8 Å². The Bertz CT molecular complexity index is 939. The molecule has 0 N–H and O–H groups in total. The third kappa shape index (κ3) is 3.36. The van der Waals surface area contributed by atoms with E-state index in [9.17, 15) is 9.59 Å². The smallest absolute Gasteiger partial charge is 0.228 e. The highest BCUT2D eigenvalue weighted by Gasteiger charge is 2.45. The average molecular weight is 407 g/mol. The number of hydrogen-bond acceptors (Lipinski definition) is 6. The molecule has 156 valence electrons. The Morgan fingerprint density at radius 3 is 2.47 bits per heavy atom. The van der Waals surface area contributed by atoms with Crippen LogP contribution in [0.4, 0.5) is 11.6 Å². The van der Waals surface area contributed by atoms with E-state index in [1.165, 1.54) is 0 Å². The lowest BCUT2D eigenvalue weighted by molar-refractivity contribution is -0.135. The molecule has 8 heteroatoms. The minimum Gasteiger partial charge on any atom is -0.497 e. The molecule has 1 aromatic carbocycles. The van der Waals surface area contributed by atoms with Crippen LogP contribution in [0.1, 0.15) is 6.42 Å². The van der Waals surface area contributed by atoms with E-state index in [0.717, 1.165) is 37.8 Å². The van der Waals surface area contributed by atoms with Gasteiger partial charge in [0, 0.05) is 75.1 Å². The van der Waals surface area contributed by atoms with Crippen molar-refractivity contribution in [3.63, 3.8) is 0 Å². The standard InChI is InChI=1S/C22H25N5O3/c1-30-19-5-2-4-18(9-19)27-14-15(8-20(27)28)21(29)25-10-16-12-26(13-17(16)11-25)22-23-6-3-7-24-22/h2-7,9,15-17H,8,10-14H2,1H3. The lowest BCUT2D eigenvalue weighted by Crippen LogP contribution is -2.38. The van der Waals surface area contributed by atoms with Gasteiger partial charge in [0.1, 0.15) is 5.75 Å². The van der Waals surface area contributed by atoms with Gasteiger partial charge in [0.05, 0.1) is 13.0 Å². The second-order valence-electron chi connectivity index (χ2n) is 8.32. The van der Waals surface area contributed by atoms with Crippen molar-refractivity contribution in [2.45, 2.75) is 6.42 Å². The summed E-state index contributed by atoms with van der Waals surface area (Å²) in [5.74, 6) is 2.15. The van der Waals surface area contributed by atoms with Gasteiger partial charge in [-0.3, -0.25) is 9.59 Å². The number of carbonyl (C=O) groups is 2. The Labute approximate surface area is 175 Å². The highest BCUT2D eigenvalue weighted by molar-refractivity contribution is 6.00. The van der Waals surface area contributed by atoms with Crippen LogP contribution < -0.4 is 14.5 Å². The number of likely N-dealkylation sites (tertiary alicyclic amines) is 1. The second kappa shape index (κ2) is 7.59. The summed E-state index contributed by atoms with van der Waals surface area (Å²) in [7, 11) is 1.60. The first-order chi connectivity index (χ1) is 14.6. The van der Waals surface area contributed by atoms with Gasteiger partial charge in [0.2, 0.25) is 17.8 Å². The average Bonchev–Trinajstić information content (AvgIpc) is 3.47. The summed E-state index contributed by atoms with van der Waals surface area (Å²) < 4.78 is 5.26. The van der Waals surface area contributed by atoms with E-state index in [0.29, 0.717) is 24.1 Å². The van der Waals surface area contributed by atoms with Gasteiger partial charge >= 0.3 is 0 Å². The minimum absolute atomic E-state index is 0.00612. The van der Waals surface area contributed by atoms with Crippen molar-refractivity contribution in [1.82, 2.24) is 14.9 Å². The normalized spacial score (nSPS) is 25.7. The van der Waals surface area contributed by atoms with Crippen LogP contribution in [0.15, 0.2) is 42.7 Å². The predicted octanol–water partition coefficient (Wildman–Crippen LogP) is 1.43. The maximum Gasteiger partial charge on any atom is 0.228 e. The molecule has 3 unspecified atom stereocenters. The van der Waals surface area contributed by atoms with Crippen LogP contribution in [-0.4, -0.2) is 66.5 Å². The van der Waals surface area contributed by atoms with Crippen molar-refractivity contribution >= 4 is 23.5 Å². The third-order valence-corrected chi connectivity index (χ3v) is 6.47. The van der Waals surface area contributed by atoms with E-state index in [4.69, 9.17) is 4.74 Å².